The highest BCUT2D eigenvalue weighted by molar-refractivity contribution is 5.68. The van der Waals surface area contributed by atoms with Gasteiger partial charge in [-0.25, -0.2) is 4.79 Å². The van der Waals surface area contributed by atoms with Gasteiger partial charge in [-0.05, 0) is 12.5 Å². The summed E-state index contributed by atoms with van der Waals surface area (Å²) in [5.74, 6) is -0.485. The molecule has 0 radical (unpaired) electrons. The number of ether oxygens (including phenoxy) is 3. The molecule has 2 N–H and O–H groups in total. The normalized spacial score (nSPS) is 27.1. The molecule has 0 bridgehead atoms. The number of alkyl carbamates (subject to hydrolysis) is 1. The molecule has 1 aliphatic rings. The van der Waals surface area contributed by atoms with Gasteiger partial charge in [0, 0.05) is 13.3 Å². The van der Waals surface area contributed by atoms with Crippen LogP contribution in [0.3, 0.4) is 0 Å². The second kappa shape index (κ2) is 7.94. The van der Waals surface area contributed by atoms with Gasteiger partial charge in [-0.3, -0.25) is 4.79 Å². The number of rotatable bonds is 4. The molecule has 2 rings (SSSR count). The molecule has 1 fully saturated rings. The molecule has 1 heterocycles. The topological polar surface area (TPSA) is 94.1 Å². The zero-order valence-corrected chi connectivity index (χ0v) is 13.1. The molecule has 1 aromatic rings. The number of hydrogen-bond acceptors (Lipinski definition) is 6. The Morgan fingerprint density at radius 2 is 2.04 bits per heavy atom. The Morgan fingerprint density at radius 1 is 1.35 bits per heavy atom. The summed E-state index contributed by atoms with van der Waals surface area (Å²) < 4.78 is 15.6. The van der Waals surface area contributed by atoms with Gasteiger partial charge < -0.3 is 24.6 Å². The molecule has 0 aliphatic carbocycles. The zero-order valence-electron chi connectivity index (χ0n) is 13.1. The molecule has 7 nitrogen and oxygen atoms in total. The number of benzene rings is 1. The first-order valence-electron chi connectivity index (χ1n) is 7.43. The van der Waals surface area contributed by atoms with Crippen molar-refractivity contribution in [1.82, 2.24) is 5.32 Å². The highest BCUT2D eigenvalue weighted by atomic mass is 16.6. The van der Waals surface area contributed by atoms with Crippen LogP contribution in [0.25, 0.3) is 0 Å². The predicted octanol–water partition coefficient (Wildman–Crippen LogP) is 1.34. The minimum absolute atomic E-state index is 0.0908. The van der Waals surface area contributed by atoms with Crippen molar-refractivity contribution in [3.8, 4) is 0 Å². The van der Waals surface area contributed by atoms with Gasteiger partial charge in [-0.2, -0.15) is 0 Å². The first kappa shape index (κ1) is 17.2. The molecule has 4 atom stereocenters. The van der Waals surface area contributed by atoms with Crippen molar-refractivity contribution in [3.05, 3.63) is 35.9 Å². The summed E-state index contributed by atoms with van der Waals surface area (Å²) >= 11 is 0. The maximum atomic E-state index is 12.0. The van der Waals surface area contributed by atoms with Gasteiger partial charge in [-0.1, -0.05) is 30.3 Å². The van der Waals surface area contributed by atoms with Crippen LogP contribution in [0.1, 0.15) is 25.8 Å². The number of aliphatic hydroxyl groups is 1. The van der Waals surface area contributed by atoms with E-state index in [-0.39, 0.29) is 13.0 Å². The Hall–Kier alpha value is -2.12. The van der Waals surface area contributed by atoms with Gasteiger partial charge in [0.1, 0.15) is 12.7 Å². The lowest BCUT2D eigenvalue weighted by Crippen LogP contribution is -2.57. The second-order valence-electron chi connectivity index (χ2n) is 5.41. The largest absolute Gasteiger partial charge is 0.460 e. The summed E-state index contributed by atoms with van der Waals surface area (Å²) in [6.45, 7) is 3.09. The van der Waals surface area contributed by atoms with Crippen LogP contribution in [0.5, 0.6) is 0 Å². The van der Waals surface area contributed by atoms with E-state index < -0.39 is 36.6 Å². The monoisotopic (exact) mass is 323 g/mol. The fourth-order valence-electron chi connectivity index (χ4n) is 2.48. The van der Waals surface area contributed by atoms with Crippen LogP contribution in [0.4, 0.5) is 4.79 Å². The quantitative estimate of drug-likeness (QED) is 0.812. The van der Waals surface area contributed by atoms with E-state index >= 15 is 0 Å². The summed E-state index contributed by atoms with van der Waals surface area (Å²) in [4.78, 5) is 23.1. The Morgan fingerprint density at radius 3 is 2.70 bits per heavy atom. The van der Waals surface area contributed by atoms with Crippen LogP contribution < -0.4 is 5.32 Å². The molecule has 126 valence electrons. The van der Waals surface area contributed by atoms with E-state index in [1.165, 1.54) is 6.92 Å². The fourth-order valence-corrected chi connectivity index (χ4v) is 2.48. The van der Waals surface area contributed by atoms with Crippen LogP contribution >= 0.6 is 0 Å². The van der Waals surface area contributed by atoms with Crippen molar-refractivity contribution >= 4 is 12.1 Å². The average Bonchev–Trinajstić information content (AvgIpc) is 2.49. The van der Waals surface area contributed by atoms with E-state index in [0.717, 1.165) is 5.56 Å². The van der Waals surface area contributed by atoms with Crippen LogP contribution in [-0.2, 0) is 25.6 Å². The lowest BCUT2D eigenvalue weighted by atomic mass is 9.99. The standard InChI is InChI=1S/C16H21NO6/c1-10-15(13(23-11(2)18)8-14(19)22-10)17-16(20)21-9-12-6-4-3-5-7-12/h3-7,10,13-15,19H,8-9H2,1-2H3,(H,17,20)/t10-,13-,14+,15+/m0/s1. The van der Waals surface area contributed by atoms with E-state index in [2.05, 4.69) is 5.32 Å². The lowest BCUT2D eigenvalue weighted by molar-refractivity contribution is -0.205. The van der Waals surface area contributed by atoms with Crippen LogP contribution in [0.15, 0.2) is 30.3 Å². The highest BCUT2D eigenvalue weighted by Gasteiger charge is 2.39. The molecule has 0 saturated carbocycles. The van der Waals surface area contributed by atoms with Crippen molar-refractivity contribution in [1.29, 1.82) is 0 Å². The Kier molecular flexibility index (Phi) is 5.95. The molecule has 23 heavy (non-hydrogen) atoms. The van der Waals surface area contributed by atoms with E-state index in [9.17, 15) is 14.7 Å². The average molecular weight is 323 g/mol. The lowest BCUT2D eigenvalue weighted by Gasteiger charge is -2.38. The van der Waals surface area contributed by atoms with Crippen LogP contribution in [0, 0.1) is 0 Å². The van der Waals surface area contributed by atoms with Gasteiger partial charge >= 0.3 is 12.1 Å². The van der Waals surface area contributed by atoms with Crippen molar-refractivity contribution in [2.24, 2.45) is 0 Å². The van der Waals surface area contributed by atoms with Gasteiger partial charge in [0.05, 0.1) is 12.1 Å². The molecule has 1 aliphatic heterocycles. The maximum absolute atomic E-state index is 12.0. The summed E-state index contributed by atoms with van der Waals surface area (Å²) in [6.07, 6.45) is -2.77. The van der Waals surface area contributed by atoms with Crippen LogP contribution in [-0.4, -0.2) is 41.7 Å². The molecule has 1 aromatic carbocycles. The summed E-state index contributed by atoms with van der Waals surface area (Å²) in [6, 6.07) is 8.68. The number of amides is 1. The first-order valence-corrected chi connectivity index (χ1v) is 7.43. The number of esters is 1. The van der Waals surface area contributed by atoms with E-state index in [4.69, 9.17) is 14.2 Å². The Balaban J connectivity index is 1.92. The smallest absolute Gasteiger partial charge is 0.407 e. The third kappa shape index (κ3) is 5.22. The predicted molar refractivity (Wildman–Crippen MR) is 80.3 cm³/mol. The van der Waals surface area contributed by atoms with Gasteiger partial charge in [0.25, 0.3) is 0 Å². The van der Waals surface area contributed by atoms with Gasteiger partial charge in [0.2, 0.25) is 0 Å². The van der Waals surface area contributed by atoms with Crippen molar-refractivity contribution < 1.29 is 28.9 Å². The Bertz CT molecular complexity index is 535. The van der Waals surface area contributed by atoms with Gasteiger partial charge in [-0.15, -0.1) is 0 Å². The number of carbonyl (C=O) groups is 2. The number of aliphatic hydroxyl groups excluding tert-OH is 1. The first-order chi connectivity index (χ1) is 11.0. The zero-order chi connectivity index (χ0) is 16.8. The molecular weight excluding hydrogens is 302 g/mol. The van der Waals surface area contributed by atoms with E-state index in [1.807, 2.05) is 30.3 Å². The third-order valence-corrected chi connectivity index (χ3v) is 3.53. The SMILES string of the molecule is CC(=O)O[C@H]1C[C@H](O)O[C@@H](C)[C@H]1NC(=O)OCc1ccccc1. The summed E-state index contributed by atoms with van der Waals surface area (Å²) in [5.41, 5.74) is 0.863. The molecule has 1 amide bonds. The number of nitrogens with one attached hydrogen (secondary N) is 1. The molecule has 0 unspecified atom stereocenters. The minimum atomic E-state index is -1.03. The molecule has 0 spiro atoms. The number of carbonyl (C=O) groups excluding carboxylic acids is 2. The fraction of sp³-hybridized carbons (Fsp3) is 0.500. The van der Waals surface area contributed by atoms with Crippen molar-refractivity contribution in [2.75, 3.05) is 0 Å². The Labute approximate surface area is 134 Å². The van der Waals surface area contributed by atoms with E-state index in [1.54, 1.807) is 6.92 Å². The highest BCUT2D eigenvalue weighted by Crippen LogP contribution is 2.22. The van der Waals surface area contributed by atoms with Gasteiger partial charge in [0.15, 0.2) is 6.29 Å². The number of hydrogen-bond donors (Lipinski definition) is 2. The van der Waals surface area contributed by atoms with Crippen molar-refractivity contribution in [3.63, 3.8) is 0 Å². The molecule has 1 saturated heterocycles. The molecule has 0 aromatic heterocycles. The third-order valence-electron chi connectivity index (χ3n) is 3.53. The van der Waals surface area contributed by atoms with E-state index in [0.29, 0.717) is 0 Å². The molecule has 7 heteroatoms. The van der Waals surface area contributed by atoms with Crippen molar-refractivity contribution in [2.45, 2.75) is 51.4 Å². The summed E-state index contributed by atoms with van der Waals surface area (Å²) in [5, 5.41) is 12.2. The van der Waals surface area contributed by atoms with Crippen LogP contribution in [0.2, 0.25) is 0 Å². The maximum Gasteiger partial charge on any atom is 0.407 e. The molecular formula is C16H21NO6. The summed E-state index contributed by atoms with van der Waals surface area (Å²) in [7, 11) is 0. The second-order valence-corrected chi connectivity index (χ2v) is 5.41. The minimum Gasteiger partial charge on any atom is -0.460 e.